The van der Waals surface area contributed by atoms with E-state index in [1.165, 1.54) is 4.88 Å². The minimum atomic E-state index is 0.0573. The van der Waals surface area contributed by atoms with Gasteiger partial charge in [-0.15, -0.1) is 11.3 Å². The Bertz CT molecular complexity index is 344. The zero-order chi connectivity index (χ0) is 12.5. The molecule has 0 fully saturated rings. The lowest BCUT2D eigenvalue weighted by Gasteiger charge is -2.05. The number of rotatable bonds is 8. The van der Waals surface area contributed by atoms with E-state index in [1.807, 2.05) is 0 Å². The first-order chi connectivity index (χ1) is 8.22. The van der Waals surface area contributed by atoms with E-state index in [9.17, 15) is 4.79 Å². The van der Waals surface area contributed by atoms with Gasteiger partial charge in [-0.2, -0.15) is 0 Å². The smallest absolute Gasteiger partial charge is 0.221 e. The average molecular weight is 321 g/mol. The normalized spacial score (nSPS) is 10.5. The zero-order valence-electron chi connectivity index (χ0n) is 9.79. The highest BCUT2D eigenvalue weighted by atomic mass is 79.9. The molecule has 0 aliphatic heterocycles. The van der Waals surface area contributed by atoms with Gasteiger partial charge in [-0.25, -0.2) is 0 Å². The van der Waals surface area contributed by atoms with Crippen molar-refractivity contribution in [1.82, 2.24) is 10.6 Å². The first-order valence-electron chi connectivity index (χ1n) is 5.41. The van der Waals surface area contributed by atoms with Crippen LogP contribution in [0.3, 0.4) is 0 Å². The second kappa shape index (κ2) is 8.63. The van der Waals surface area contributed by atoms with Crippen molar-refractivity contribution in [2.45, 2.75) is 13.0 Å². The molecule has 0 saturated heterocycles. The molecule has 0 unspecified atom stereocenters. The average Bonchev–Trinajstić information content (AvgIpc) is 2.71. The van der Waals surface area contributed by atoms with Crippen LogP contribution in [0.5, 0.6) is 0 Å². The van der Waals surface area contributed by atoms with Crippen molar-refractivity contribution in [3.05, 3.63) is 20.8 Å². The second-order valence-electron chi connectivity index (χ2n) is 3.50. The molecule has 1 heterocycles. The number of halogens is 1. The van der Waals surface area contributed by atoms with Crippen molar-refractivity contribution >= 4 is 33.2 Å². The zero-order valence-corrected chi connectivity index (χ0v) is 12.2. The van der Waals surface area contributed by atoms with Gasteiger partial charge < -0.3 is 15.4 Å². The maximum absolute atomic E-state index is 11.3. The van der Waals surface area contributed by atoms with Gasteiger partial charge in [0.25, 0.3) is 0 Å². The van der Waals surface area contributed by atoms with E-state index in [0.29, 0.717) is 26.1 Å². The molecule has 96 valence electrons. The van der Waals surface area contributed by atoms with E-state index in [-0.39, 0.29) is 5.91 Å². The number of methoxy groups -OCH3 is 1. The molecule has 2 N–H and O–H groups in total. The SMILES string of the molecule is COCCNC(=O)CCNCc1cc(Br)cs1. The van der Waals surface area contributed by atoms with Crippen LogP contribution in [0.25, 0.3) is 0 Å². The van der Waals surface area contributed by atoms with Crippen molar-refractivity contribution in [2.75, 3.05) is 26.8 Å². The van der Waals surface area contributed by atoms with E-state index < -0.39 is 0 Å². The van der Waals surface area contributed by atoms with Gasteiger partial charge in [0.05, 0.1) is 6.61 Å². The fourth-order valence-electron chi connectivity index (χ4n) is 1.24. The molecule has 0 aliphatic rings. The van der Waals surface area contributed by atoms with E-state index >= 15 is 0 Å². The van der Waals surface area contributed by atoms with E-state index in [1.54, 1.807) is 18.4 Å². The van der Waals surface area contributed by atoms with Gasteiger partial charge in [-0.3, -0.25) is 4.79 Å². The third-order valence-electron chi connectivity index (χ3n) is 2.08. The molecular weight excluding hydrogens is 304 g/mol. The predicted octanol–water partition coefficient (Wildman–Crippen LogP) is 1.75. The molecule has 0 bridgehead atoms. The number of amides is 1. The number of hydrogen-bond acceptors (Lipinski definition) is 4. The van der Waals surface area contributed by atoms with Crippen LogP contribution in [-0.2, 0) is 16.1 Å². The summed E-state index contributed by atoms with van der Waals surface area (Å²) in [6, 6.07) is 2.08. The number of hydrogen-bond donors (Lipinski definition) is 2. The summed E-state index contributed by atoms with van der Waals surface area (Å²) in [4.78, 5) is 12.6. The molecule has 1 aromatic heterocycles. The Morgan fingerprint density at radius 1 is 1.53 bits per heavy atom. The summed E-state index contributed by atoms with van der Waals surface area (Å²) in [5, 5.41) is 8.06. The third kappa shape index (κ3) is 6.78. The number of carbonyl (C=O) groups is 1. The molecule has 0 aliphatic carbocycles. The molecule has 1 aromatic rings. The molecule has 4 nitrogen and oxygen atoms in total. The Labute approximate surface area is 114 Å². The highest BCUT2D eigenvalue weighted by Crippen LogP contribution is 2.19. The maximum Gasteiger partial charge on any atom is 0.221 e. The Balaban J connectivity index is 2.02. The topological polar surface area (TPSA) is 50.4 Å². The van der Waals surface area contributed by atoms with E-state index in [0.717, 1.165) is 11.0 Å². The lowest BCUT2D eigenvalue weighted by atomic mass is 10.4. The number of thiophene rings is 1. The lowest BCUT2D eigenvalue weighted by molar-refractivity contribution is -0.121. The molecule has 0 spiro atoms. The summed E-state index contributed by atoms with van der Waals surface area (Å²) in [7, 11) is 1.62. The molecule has 0 aromatic carbocycles. The number of carbonyl (C=O) groups excluding carboxylic acids is 1. The molecule has 0 atom stereocenters. The van der Waals surface area contributed by atoms with Crippen molar-refractivity contribution in [3.63, 3.8) is 0 Å². The summed E-state index contributed by atoms with van der Waals surface area (Å²) in [5.74, 6) is 0.0573. The molecule has 6 heteroatoms. The van der Waals surface area contributed by atoms with Gasteiger partial charge in [-0.1, -0.05) is 0 Å². The summed E-state index contributed by atoms with van der Waals surface area (Å²) < 4.78 is 5.95. The Kier molecular flexibility index (Phi) is 7.43. The first-order valence-corrected chi connectivity index (χ1v) is 7.09. The van der Waals surface area contributed by atoms with Crippen LogP contribution >= 0.6 is 27.3 Å². The summed E-state index contributed by atoms with van der Waals surface area (Å²) in [5.41, 5.74) is 0. The largest absolute Gasteiger partial charge is 0.383 e. The van der Waals surface area contributed by atoms with Gasteiger partial charge >= 0.3 is 0 Å². The van der Waals surface area contributed by atoms with Gasteiger partial charge in [0.1, 0.15) is 0 Å². The lowest BCUT2D eigenvalue weighted by Crippen LogP contribution is -2.29. The molecule has 0 saturated carbocycles. The van der Waals surface area contributed by atoms with Crippen LogP contribution in [0.1, 0.15) is 11.3 Å². The van der Waals surface area contributed by atoms with Crippen molar-refractivity contribution in [3.8, 4) is 0 Å². The van der Waals surface area contributed by atoms with Gasteiger partial charge in [0, 0.05) is 47.9 Å². The van der Waals surface area contributed by atoms with Gasteiger partial charge in [0.2, 0.25) is 5.91 Å². The van der Waals surface area contributed by atoms with E-state index in [2.05, 4.69) is 38.0 Å². The molecular formula is C11H17BrN2O2S. The number of nitrogens with one attached hydrogen (secondary N) is 2. The second-order valence-corrected chi connectivity index (χ2v) is 5.41. The van der Waals surface area contributed by atoms with Crippen LogP contribution in [0.2, 0.25) is 0 Å². The Morgan fingerprint density at radius 3 is 3.00 bits per heavy atom. The standard InChI is InChI=1S/C11H17BrN2O2S/c1-16-5-4-14-11(15)2-3-13-7-10-6-9(12)8-17-10/h6,8,13H,2-5,7H2,1H3,(H,14,15). The Hall–Kier alpha value is -0.430. The first kappa shape index (κ1) is 14.6. The molecule has 1 rings (SSSR count). The molecule has 0 radical (unpaired) electrons. The quantitative estimate of drug-likeness (QED) is 0.717. The summed E-state index contributed by atoms with van der Waals surface area (Å²) in [6.07, 6.45) is 0.496. The minimum Gasteiger partial charge on any atom is -0.383 e. The maximum atomic E-state index is 11.3. The number of ether oxygens (including phenoxy) is 1. The van der Waals surface area contributed by atoms with Crippen molar-refractivity contribution < 1.29 is 9.53 Å². The van der Waals surface area contributed by atoms with Crippen LogP contribution in [-0.4, -0.2) is 32.7 Å². The van der Waals surface area contributed by atoms with Crippen LogP contribution < -0.4 is 10.6 Å². The summed E-state index contributed by atoms with van der Waals surface area (Å²) in [6.45, 7) is 2.63. The fraction of sp³-hybridized carbons (Fsp3) is 0.545. The molecule has 17 heavy (non-hydrogen) atoms. The monoisotopic (exact) mass is 320 g/mol. The molecule has 1 amide bonds. The fourth-order valence-corrected chi connectivity index (χ4v) is 2.66. The van der Waals surface area contributed by atoms with Crippen LogP contribution in [0, 0.1) is 0 Å². The van der Waals surface area contributed by atoms with Crippen LogP contribution in [0.4, 0.5) is 0 Å². The van der Waals surface area contributed by atoms with E-state index in [4.69, 9.17) is 4.74 Å². The van der Waals surface area contributed by atoms with Crippen LogP contribution in [0.15, 0.2) is 15.9 Å². The predicted molar refractivity (Wildman–Crippen MR) is 73.2 cm³/mol. The Morgan fingerprint density at radius 2 is 2.35 bits per heavy atom. The summed E-state index contributed by atoms with van der Waals surface area (Å²) >= 11 is 5.11. The minimum absolute atomic E-state index is 0.0573. The highest BCUT2D eigenvalue weighted by Gasteiger charge is 2.01. The highest BCUT2D eigenvalue weighted by molar-refractivity contribution is 9.10. The van der Waals surface area contributed by atoms with Crippen molar-refractivity contribution in [2.24, 2.45) is 0 Å². The third-order valence-corrected chi connectivity index (χ3v) is 3.78. The van der Waals surface area contributed by atoms with Crippen molar-refractivity contribution in [1.29, 1.82) is 0 Å². The van der Waals surface area contributed by atoms with Gasteiger partial charge in [-0.05, 0) is 22.0 Å². The van der Waals surface area contributed by atoms with Gasteiger partial charge in [0.15, 0.2) is 0 Å².